The maximum Gasteiger partial charge on any atom is 0.306 e. The molecule has 0 radical (unpaired) electrons. The lowest BCUT2D eigenvalue weighted by molar-refractivity contribution is -0.142. The molecule has 0 amide bonds. The van der Waals surface area contributed by atoms with Gasteiger partial charge < -0.3 is 4.74 Å². The Labute approximate surface area is 248 Å². The molecule has 1 rings (SSSR count). The van der Waals surface area contributed by atoms with Crippen molar-refractivity contribution in [1.29, 1.82) is 0 Å². The molecule has 0 aromatic rings. The molecule has 0 aliphatic heterocycles. The summed E-state index contributed by atoms with van der Waals surface area (Å²) in [4.78, 5) is 12.0. The molecule has 226 valence electrons. The van der Waals surface area contributed by atoms with Gasteiger partial charge in [0.25, 0.3) is 0 Å². The first-order valence-electron chi connectivity index (χ1n) is 16.5. The van der Waals surface area contributed by atoms with E-state index in [4.69, 9.17) is 4.74 Å². The summed E-state index contributed by atoms with van der Waals surface area (Å²) >= 11 is 0. The third kappa shape index (κ3) is 18.3. The van der Waals surface area contributed by atoms with Gasteiger partial charge in [-0.3, -0.25) is 4.79 Å². The predicted molar refractivity (Wildman–Crippen MR) is 177 cm³/mol. The topological polar surface area (TPSA) is 26.3 Å². The Kier molecular flexibility index (Phi) is 20.3. The third-order valence-electron chi connectivity index (χ3n) is 8.07. The molecule has 0 spiro atoms. The lowest BCUT2D eigenvalue weighted by Gasteiger charge is -2.32. The summed E-state index contributed by atoms with van der Waals surface area (Å²) in [5, 5.41) is 0. The van der Waals surface area contributed by atoms with Gasteiger partial charge in [0.15, 0.2) is 0 Å². The van der Waals surface area contributed by atoms with E-state index in [1.807, 2.05) is 13.0 Å². The van der Waals surface area contributed by atoms with Gasteiger partial charge in [-0.15, -0.1) is 0 Å². The van der Waals surface area contributed by atoms with Crippen LogP contribution in [0.2, 0.25) is 0 Å². The summed E-state index contributed by atoms with van der Waals surface area (Å²) in [6.07, 6.45) is 38.3. The van der Waals surface area contributed by atoms with Crippen molar-refractivity contribution in [2.75, 3.05) is 6.61 Å². The molecule has 0 fully saturated rings. The third-order valence-corrected chi connectivity index (χ3v) is 8.07. The second-order valence-corrected chi connectivity index (χ2v) is 12.5. The molecule has 2 nitrogen and oxygen atoms in total. The second kappa shape index (κ2) is 22.6. The highest BCUT2D eigenvalue weighted by Gasteiger charge is 2.26. The number of unbranched alkanes of at least 4 members (excludes halogenated alkanes) is 11. The van der Waals surface area contributed by atoms with E-state index < -0.39 is 0 Å². The number of hydrogen-bond acceptors (Lipinski definition) is 2. The molecule has 0 N–H and O–H groups in total. The van der Waals surface area contributed by atoms with Crippen molar-refractivity contribution < 1.29 is 9.53 Å². The van der Waals surface area contributed by atoms with Crippen LogP contribution >= 0.6 is 0 Å². The molecule has 0 unspecified atom stereocenters. The van der Waals surface area contributed by atoms with Crippen LogP contribution in [0.15, 0.2) is 70.9 Å². The first kappa shape index (κ1) is 35.9. The van der Waals surface area contributed by atoms with Gasteiger partial charge in [0.2, 0.25) is 0 Å². The zero-order valence-electron chi connectivity index (χ0n) is 27.2. The summed E-state index contributed by atoms with van der Waals surface area (Å²) in [6.45, 7) is 13.8. The fourth-order valence-electron chi connectivity index (χ4n) is 5.38. The molecule has 0 bridgehead atoms. The van der Waals surface area contributed by atoms with E-state index in [-0.39, 0.29) is 11.4 Å². The largest absolute Gasteiger partial charge is 0.461 e. The van der Waals surface area contributed by atoms with Crippen LogP contribution in [0.1, 0.15) is 151 Å². The molecule has 0 saturated heterocycles. The van der Waals surface area contributed by atoms with Gasteiger partial charge in [-0.1, -0.05) is 131 Å². The Morgan fingerprint density at radius 1 is 0.850 bits per heavy atom. The number of carbonyl (C=O) groups is 1. The Hall–Kier alpha value is -2.09. The quantitative estimate of drug-likeness (QED) is 0.0615. The summed E-state index contributed by atoms with van der Waals surface area (Å²) in [5.41, 5.74) is 5.63. The molecular weight excluding hydrogens is 488 g/mol. The molecule has 0 saturated carbocycles. The predicted octanol–water partition coefficient (Wildman–Crippen LogP) is 12.1. The molecule has 0 atom stereocenters. The van der Waals surface area contributed by atoms with Crippen LogP contribution in [0.3, 0.4) is 0 Å². The van der Waals surface area contributed by atoms with Crippen molar-refractivity contribution in [3.8, 4) is 0 Å². The maximum atomic E-state index is 12.0. The minimum atomic E-state index is -0.0946. The van der Waals surface area contributed by atoms with E-state index >= 15 is 0 Å². The van der Waals surface area contributed by atoms with E-state index in [0.29, 0.717) is 13.0 Å². The van der Waals surface area contributed by atoms with Crippen LogP contribution in [0.4, 0.5) is 0 Å². The normalized spacial score (nSPS) is 16.6. The Balaban J connectivity index is 2.12. The molecule has 1 aliphatic rings. The van der Waals surface area contributed by atoms with Crippen LogP contribution in [-0.4, -0.2) is 12.6 Å². The monoisotopic (exact) mass is 550 g/mol. The smallest absolute Gasteiger partial charge is 0.306 e. The van der Waals surface area contributed by atoms with Crippen molar-refractivity contribution >= 4 is 5.97 Å². The molecular formula is C38H62O2. The molecule has 2 heteroatoms. The van der Waals surface area contributed by atoms with Gasteiger partial charge in [-0.2, -0.15) is 0 Å². The first-order valence-corrected chi connectivity index (χ1v) is 16.5. The average molecular weight is 551 g/mol. The fourth-order valence-corrected chi connectivity index (χ4v) is 5.38. The molecule has 40 heavy (non-hydrogen) atoms. The molecule has 0 aromatic carbocycles. The van der Waals surface area contributed by atoms with Crippen LogP contribution in [0.5, 0.6) is 0 Å². The summed E-state index contributed by atoms with van der Waals surface area (Å²) < 4.78 is 5.40. The van der Waals surface area contributed by atoms with Crippen LogP contribution < -0.4 is 0 Å². The minimum Gasteiger partial charge on any atom is -0.461 e. The van der Waals surface area contributed by atoms with E-state index in [0.717, 1.165) is 24.8 Å². The Morgan fingerprint density at radius 2 is 1.48 bits per heavy atom. The SMILES string of the molecule is CCCCCCCCCCC/C=C/CCCCC(=O)OC/C=C(C)/C=C/C=C(C)/C=C/C1=C(C)CCCC1(C)C. The number of hydrogen-bond donors (Lipinski definition) is 0. The first-order chi connectivity index (χ1) is 19.3. The van der Waals surface area contributed by atoms with Crippen molar-refractivity contribution in [3.63, 3.8) is 0 Å². The standard InChI is InChI=1S/C38H62O2/c1-7-8-9-10-11-12-13-14-15-16-17-18-19-20-21-27-37(39)40-32-30-34(3)25-22-24-33(2)28-29-36-35(4)26-23-31-38(36,5)6/h17-18,22,24-25,28-30H,7-16,19-21,23,26-27,31-32H2,1-6H3/b18-17+,25-22+,29-28+,33-24+,34-30+. The number of rotatable bonds is 21. The molecule has 1 aliphatic carbocycles. The number of allylic oxidation sites excluding steroid dienone is 11. The highest BCUT2D eigenvalue weighted by molar-refractivity contribution is 5.69. The molecule has 0 heterocycles. The van der Waals surface area contributed by atoms with Gasteiger partial charge in [0.1, 0.15) is 6.61 Å². The Morgan fingerprint density at radius 3 is 2.12 bits per heavy atom. The lowest BCUT2D eigenvalue weighted by atomic mass is 9.72. The average Bonchev–Trinajstić information content (AvgIpc) is 2.90. The van der Waals surface area contributed by atoms with Gasteiger partial charge in [0.05, 0.1) is 0 Å². The summed E-state index contributed by atoms with van der Waals surface area (Å²) in [5.74, 6) is -0.0946. The van der Waals surface area contributed by atoms with Crippen LogP contribution in [0, 0.1) is 5.41 Å². The Bertz CT molecular complexity index is 875. The van der Waals surface area contributed by atoms with Crippen molar-refractivity contribution in [2.45, 2.75) is 151 Å². The number of ether oxygens (including phenoxy) is 1. The van der Waals surface area contributed by atoms with Crippen molar-refractivity contribution in [3.05, 3.63) is 70.9 Å². The van der Waals surface area contributed by atoms with Gasteiger partial charge >= 0.3 is 5.97 Å². The van der Waals surface area contributed by atoms with Gasteiger partial charge in [0, 0.05) is 6.42 Å². The zero-order valence-corrected chi connectivity index (χ0v) is 27.2. The highest BCUT2D eigenvalue weighted by Crippen LogP contribution is 2.40. The minimum absolute atomic E-state index is 0.0946. The molecule has 0 aromatic heterocycles. The van der Waals surface area contributed by atoms with E-state index in [1.165, 1.54) is 100 Å². The maximum absolute atomic E-state index is 12.0. The van der Waals surface area contributed by atoms with Crippen LogP contribution in [0.25, 0.3) is 0 Å². The van der Waals surface area contributed by atoms with E-state index in [1.54, 1.807) is 0 Å². The second-order valence-electron chi connectivity index (χ2n) is 12.5. The zero-order chi connectivity index (χ0) is 29.5. The van der Waals surface area contributed by atoms with Crippen molar-refractivity contribution in [2.24, 2.45) is 5.41 Å². The van der Waals surface area contributed by atoms with Gasteiger partial charge in [-0.05, 0) is 89.2 Å². The van der Waals surface area contributed by atoms with E-state index in [9.17, 15) is 4.79 Å². The lowest BCUT2D eigenvalue weighted by Crippen LogP contribution is -2.19. The summed E-state index contributed by atoms with van der Waals surface area (Å²) in [7, 11) is 0. The van der Waals surface area contributed by atoms with E-state index in [2.05, 4.69) is 77.2 Å². The van der Waals surface area contributed by atoms with Crippen LogP contribution in [-0.2, 0) is 9.53 Å². The van der Waals surface area contributed by atoms with Crippen molar-refractivity contribution in [1.82, 2.24) is 0 Å². The number of carbonyl (C=O) groups excluding carboxylic acids is 1. The summed E-state index contributed by atoms with van der Waals surface area (Å²) in [6, 6.07) is 0. The highest BCUT2D eigenvalue weighted by atomic mass is 16.5. The van der Waals surface area contributed by atoms with Gasteiger partial charge in [-0.25, -0.2) is 0 Å². The number of esters is 1. The fraction of sp³-hybridized carbons (Fsp3) is 0.658.